The topological polar surface area (TPSA) is 70.6 Å². The van der Waals surface area contributed by atoms with Crippen molar-refractivity contribution in [2.45, 2.75) is 45.6 Å². The Morgan fingerprint density at radius 2 is 1.64 bits per heavy atom. The molecule has 0 spiro atoms. The fraction of sp³-hybridized carbons (Fsp3) is 0.348. The second-order valence-electron chi connectivity index (χ2n) is 7.37. The molecular formula is C23H29N3O2. The predicted molar refractivity (Wildman–Crippen MR) is 115 cm³/mol. The summed E-state index contributed by atoms with van der Waals surface area (Å²) in [4.78, 5) is 27.2. The van der Waals surface area contributed by atoms with Gasteiger partial charge in [-0.05, 0) is 68.7 Å². The second kappa shape index (κ2) is 9.83. The third kappa shape index (κ3) is 6.05. The summed E-state index contributed by atoms with van der Waals surface area (Å²) in [5.41, 5.74) is 3.29. The summed E-state index contributed by atoms with van der Waals surface area (Å²) in [6.45, 7) is 6.40. The van der Waals surface area contributed by atoms with E-state index in [1.165, 1.54) is 0 Å². The minimum absolute atomic E-state index is 0.0420. The van der Waals surface area contributed by atoms with Gasteiger partial charge in [-0.2, -0.15) is 0 Å². The maximum Gasteiger partial charge on any atom is 0.255 e. The van der Waals surface area contributed by atoms with Crippen LogP contribution in [0.5, 0.6) is 0 Å². The summed E-state index contributed by atoms with van der Waals surface area (Å²) in [6.07, 6.45) is 3.06. The van der Waals surface area contributed by atoms with Crippen molar-refractivity contribution >= 4 is 23.7 Å². The van der Waals surface area contributed by atoms with Crippen LogP contribution in [0.25, 0.3) is 0 Å². The summed E-state index contributed by atoms with van der Waals surface area (Å²) in [5, 5.41) is 6.36. The molecule has 2 aromatic carbocycles. The van der Waals surface area contributed by atoms with Gasteiger partial charge in [-0.25, -0.2) is 0 Å². The fourth-order valence-electron chi connectivity index (χ4n) is 2.63. The number of nitrogens with one attached hydrogen (secondary N) is 2. The van der Waals surface area contributed by atoms with Gasteiger partial charge < -0.3 is 15.4 Å². The van der Waals surface area contributed by atoms with Crippen LogP contribution >= 0.6 is 0 Å². The summed E-state index contributed by atoms with van der Waals surface area (Å²) in [7, 11) is 1.77. The molecule has 0 aliphatic heterocycles. The number of amides is 1. The lowest BCUT2D eigenvalue weighted by Crippen LogP contribution is -2.43. The van der Waals surface area contributed by atoms with Gasteiger partial charge in [-0.3, -0.25) is 9.79 Å². The number of carbonyl (C=O) groups is 2. The molecule has 0 unspecified atom stereocenters. The number of aryl methyl sites for hydroxylation is 1. The molecule has 5 nitrogen and oxygen atoms in total. The average molecular weight is 380 g/mol. The molecule has 0 saturated heterocycles. The zero-order valence-corrected chi connectivity index (χ0v) is 17.1. The minimum atomic E-state index is -0.163. The first-order valence-corrected chi connectivity index (χ1v) is 9.58. The Balaban J connectivity index is 2.03. The highest BCUT2D eigenvalue weighted by Gasteiger charge is 2.17. The summed E-state index contributed by atoms with van der Waals surface area (Å²) in [5.74, 6) is 0.667. The second-order valence-corrected chi connectivity index (χ2v) is 7.37. The molecule has 0 saturated carbocycles. The largest absolute Gasteiger partial charge is 0.365 e. The third-order valence-electron chi connectivity index (χ3n) is 4.75. The van der Waals surface area contributed by atoms with Gasteiger partial charge in [0.1, 0.15) is 12.1 Å². The van der Waals surface area contributed by atoms with Gasteiger partial charge in [0.05, 0.1) is 0 Å². The lowest BCUT2D eigenvalue weighted by atomic mass is 10.0. The Bertz CT molecular complexity index is 822. The van der Waals surface area contributed by atoms with E-state index in [1.807, 2.05) is 36.4 Å². The fourth-order valence-corrected chi connectivity index (χ4v) is 2.63. The van der Waals surface area contributed by atoms with E-state index in [4.69, 9.17) is 0 Å². The number of hydrogen-bond acceptors (Lipinski definition) is 3. The predicted octanol–water partition coefficient (Wildman–Crippen LogP) is 4.23. The third-order valence-corrected chi connectivity index (χ3v) is 4.75. The Hall–Kier alpha value is -2.95. The molecule has 0 bridgehead atoms. The van der Waals surface area contributed by atoms with Crippen molar-refractivity contribution in [2.24, 2.45) is 4.99 Å². The zero-order valence-electron chi connectivity index (χ0n) is 17.1. The minimum Gasteiger partial charge on any atom is -0.365 e. The van der Waals surface area contributed by atoms with Crippen molar-refractivity contribution in [3.8, 4) is 0 Å². The molecule has 1 amide bonds. The van der Waals surface area contributed by atoms with Crippen molar-refractivity contribution in [3.05, 3.63) is 65.2 Å². The summed E-state index contributed by atoms with van der Waals surface area (Å²) in [6, 6.07) is 15.0. The molecule has 0 aliphatic rings. The first-order chi connectivity index (χ1) is 13.4. The lowest BCUT2D eigenvalue weighted by molar-refractivity contribution is -0.107. The zero-order chi connectivity index (χ0) is 20.6. The van der Waals surface area contributed by atoms with Crippen LogP contribution < -0.4 is 10.6 Å². The van der Waals surface area contributed by atoms with Crippen LogP contribution in [-0.4, -0.2) is 30.6 Å². The maximum atomic E-state index is 12.4. The quantitative estimate of drug-likeness (QED) is 0.410. The van der Waals surface area contributed by atoms with Gasteiger partial charge in [-0.1, -0.05) is 19.1 Å². The monoisotopic (exact) mass is 379 g/mol. The number of aldehydes is 1. The van der Waals surface area contributed by atoms with E-state index >= 15 is 0 Å². The molecule has 0 aromatic heterocycles. The van der Waals surface area contributed by atoms with Crippen molar-refractivity contribution < 1.29 is 9.59 Å². The van der Waals surface area contributed by atoms with Crippen LogP contribution in [0.3, 0.4) is 0 Å². The number of aliphatic imine (C=N–C) groups is 1. The van der Waals surface area contributed by atoms with E-state index in [0.717, 1.165) is 35.4 Å². The molecule has 0 radical (unpaired) electrons. The van der Waals surface area contributed by atoms with Crippen LogP contribution in [0.1, 0.15) is 55.1 Å². The number of carbonyl (C=O) groups excluding carboxylic acids is 2. The van der Waals surface area contributed by atoms with Crippen molar-refractivity contribution in [3.63, 3.8) is 0 Å². The van der Waals surface area contributed by atoms with E-state index < -0.39 is 0 Å². The molecule has 28 heavy (non-hydrogen) atoms. The Kier molecular flexibility index (Phi) is 7.50. The van der Waals surface area contributed by atoms with Crippen LogP contribution in [-0.2, 0) is 11.2 Å². The highest BCUT2D eigenvalue weighted by atomic mass is 16.1. The number of nitrogens with zero attached hydrogens (tertiary/aromatic N) is 1. The summed E-state index contributed by atoms with van der Waals surface area (Å²) >= 11 is 0. The number of amidine groups is 1. The molecule has 0 aliphatic carbocycles. The van der Waals surface area contributed by atoms with E-state index in [2.05, 4.69) is 36.4 Å². The highest BCUT2D eigenvalue weighted by molar-refractivity contribution is 6.05. The van der Waals surface area contributed by atoms with Gasteiger partial charge in [0, 0.05) is 35.8 Å². The van der Waals surface area contributed by atoms with Crippen molar-refractivity contribution in [1.29, 1.82) is 0 Å². The Morgan fingerprint density at radius 3 is 2.18 bits per heavy atom. The molecule has 0 atom stereocenters. The molecule has 2 N–H and O–H groups in total. The van der Waals surface area contributed by atoms with E-state index in [9.17, 15) is 9.59 Å². The normalized spacial score (nSPS) is 11.8. The molecule has 2 aromatic rings. The van der Waals surface area contributed by atoms with Gasteiger partial charge >= 0.3 is 0 Å². The van der Waals surface area contributed by atoms with Crippen LogP contribution in [0.2, 0.25) is 0 Å². The SMILES string of the molecule is CCC(C)(C)NC(=NC)c1ccc(NC(=O)c2ccc(CCC=O)cc2)cc1. The molecule has 148 valence electrons. The lowest BCUT2D eigenvalue weighted by Gasteiger charge is -2.26. The van der Waals surface area contributed by atoms with E-state index in [0.29, 0.717) is 18.4 Å². The van der Waals surface area contributed by atoms with Gasteiger partial charge in [-0.15, -0.1) is 0 Å². The standard InChI is InChI=1S/C23H29N3O2/c1-5-23(2,3)26-21(24-4)18-12-14-20(15-13-18)25-22(28)19-10-8-17(9-11-19)7-6-16-27/h8-16H,5-7H2,1-4H3,(H,24,26)(H,25,28). The summed E-state index contributed by atoms with van der Waals surface area (Å²) < 4.78 is 0. The molecule has 0 fully saturated rings. The number of benzene rings is 2. The van der Waals surface area contributed by atoms with Crippen molar-refractivity contribution in [1.82, 2.24) is 5.32 Å². The maximum absolute atomic E-state index is 12.4. The molecule has 5 heteroatoms. The smallest absolute Gasteiger partial charge is 0.255 e. The first-order valence-electron chi connectivity index (χ1n) is 9.58. The number of anilines is 1. The van der Waals surface area contributed by atoms with Gasteiger partial charge in [0.15, 0.2) is 0 Å². The first kappa shape index (κ1) is 21.4. The van der Waals surface area contributed by atoms with Gasteiger partial charge in [0.2, 0.25) is 0 Å². The van der Waals surface area contributed by atoms with Gasteiger partial charge in [0.25, 0.3) is 5.91 Å². The van der Waals surface area contributed by atoms with E-state index in [1.54, 1.807) is 19.2 Å². The Labute approximate surface area is 167 Å². The van der Waals surface area contributed by atoms with Crippen LogP contribution in [0, 0.1) is 0 Å². The van der Waals surface area contributed by atoms with Crippen molar-refractivity contribution in [2.75, 3.05) is 12.4 Å². The Morgan fingerprint density at radius 1 is 1.04 bits per heavy atom. The van der Waals surface area contributed by atoms with Crippen LogP contribution in [0.4, 0.5) is 5.69 Å². The number of hydrogen-bond donors (Lipinski definition) is 2. The molecular weight excluding hydrogens is 350 g/mol. The number of rotatable bonds is 8. The van der Waals surface area contributed by atoms with E-state index in [-0.39, 0.29) is 11.4 Å². The van der Waals surface area contributed by atoms with Crippen LogP contribution in [0.15, 0.2) is 53.5 Å². The average Bonchev–Trinajstić information content (AvgIpc) is 2.71. The molecule has 0 heterocycles. The molecule has 2 rings (SSSR count). The highest BCUT2D eigenvalue weighted by Crippen LogP contribution is 2.15.